The SMILES string of the molecule is CCCOc1cccc(CN=C(NCC)NCCCOCCOC)c1.I. The second kappa shape index (κ2) is 17.4. The number of nitrogens with one attached hydrogen (secondary N) is 2. The summed E-state index contributed by atoms with van der Waals surface area (Å²) in [4.78, 5) is 4.63. The third-order valence-corrected chi connectivity index (χ3v) is 3.32. The van der Waals surface area contributed by atoms with E-state index >= 15 is 0 Å². The van der Waals surface area contributed by atoms with Gasteiger partial charge in [0.2, 0.25) is 0 Å². The van der Waals surface area contributed by atoms with Crippen LogP contribution in [-0.4, -0.2) is 52.6 Å². The first-order chi connectivity index (χ1) is 12.3. The fraction of sp³-hybridized carbons (Fsp3) is 0.632. The number of aliphatic imine (C=N–C) groups is 1. The second-order valence-electron chi connectivity index (χ2n) is 5.58. The third-order valence-electron chi connectivity index (χ3n) is 3.32. The largest absolute Gasteiger partial charge is 0.494 e. The van der Waals surface area contributed by atoms with Gasteiger partial charge in [-0.3, -0.25) is 0 Å². The first-order valence-corrected chi connectivity index (χ1v) is 9.10. The van der Waals surface area contributed by atoms with E-state index < -0.39 is 0 Å². The van der Waals surface area contributed by atoms with E-state index in [1.807, 2.05) is 18.2 Å². The van der Waals surface area contributed by atoms with Gasteiger partial charge in [0.15, 0.2) is 5.96 Å². The number of hydrogen-bond donors (Lipinski definition) is 2. The quantitative estimate of drug-likeness (QED) is 0.197. The summed E-state index contributed by atoms with van der Waals surface area (Å²) in [5.74, 6) is 1.72. The molecule has 0 aromatic heterocycles. The number of nitrogens with zero attached hydrogens (tertiary/aromatic N) is 1. The molecule has 0 atom stereocenters. The molecule has 0 amide bonds. The minimum atomic E-state index is 0. The van der Waals surface area contributed by atoms with Crippen LogP contribution in [0.2, 0.25) is 0 Å². The number of guanidine groups is 1. The fourth-order valence-corrected chi connectivity index (χ4v) is 2.09. The maximum atomic E-state index is 5.67. The minimum Gasteiger partial charge on any atom is -0.494 e. The van der Waals surface area contributed by atoms with E-state index in [1.165, 1.54) is 0 Å². The molecule has 0 heterocycles. The first-order valence-electron chi connectivity index (χ1n) is 9.10. The molecule has 26 heavy (non-hydrogen) atoms. The Balaban J connectivity index is 0.00000625. The highest BCUT2D eigenvalue weighted by Gasteiger charge is 1.99. The topological polar surface area (TPSA) is 64.1 Å². The van der Waals surface area contributed by atoms with Crippen LogP contribution in [0.5, 0.6) is 5.75 Å². The molecule has 0 saturated heterocycles. The zero-order valence-corrected chi connectivity index (χ0v) is 18.6. The van der Waals surface area contributed by atoms with Gasteiger partial charge in [0.1, 0.15) is 5.75 Å². The van der Waals surface area contributed by atoms with Crippen LogP contribution in [0, 0.1) is 0 Å². The Kier molecular flexibility index (Phi) is 16.7. The minimum absolute atomic E-state index is 0. The summed E-state index contributed by atoms with van der Waals surface area (Å²) < 4.78 is 16.1. The van der Waals surface area contributed by atoms with E-state index in [2.05, 4.69) is 35.5 Å². The van der Waals surface area contributed by atoms with Crippen LogP contribution in [0.25, 0.3) is 0 Å². The molecule has 2 N–H and O–H groups in total. The molecule has 0 aliphatic carbocycles. The molecule has 1 aromatic carbocycles. The predicted octanol–water partition coefficient (Wildman–Crippen LogP) is 3.20. The summed E-state index contributed by atoms with van der Waals surface area (Å²) in [6, 6.07) is 8.10. The lowest BCUT2D eigenvalue weighted by atomic mass is 10.2. The molecule has 1 rings (SSSR count). The van der Waals surface area contributed by atoms with Gasteiger partial charge in [0.25, 0.3) is 0 Å². The normalized spacial score (nSPS) is 11.0. The average Bonchev–Trinajstić information content (AvgIpc) is 2.64. The summed E-state index contributed by atoms with van der Waals surface area (Å²) in [7, 11) is 1.68. The Morgan fingerprint density at radius 1 is 1.08 bits per heavy atom. The monoisotopic (exact) mass is 479 g/mol. The summed E-state index contributed by atoms with van der Waals surface area (Å²) in [6.07, 6.45) is 1.93. The van der Waals surface area contributed by atoms with Crippen molar-refractivity contribution < 1.29 is 14.2 Å². The zero-order chi connectivity index (χ0) is 18.2. The van der Waals surface area contributed by atoms with Crippen molar-refractivity contribution in [1.29, 1.82) is 0 Å². The summed E-state index contributed by atoms with van der Waals surface area (Å²) in [6.45, 7) is 9.16. The van der Waals surface area contributed by atoms with Crippen molar-refractivity contribution in [2.45, 2.75) is 33.2 Å². The van der Waals surface area contributed by atoms with Gasteiger partial charge in [-0.2, -0.15) is 0 Å². The highest BCUT2D eigenvalue weighted by atomic mass is 127. The Morgan fingerprint density at radius 2 is 1.92 bits per heavy atom. The summed E-state index contributed by atoms with van der Waals surface area (Å²) in [5.41, 5.74) is 1.13. The lowest BCUT2D eigenvalue weighted by Crippen LogP contribution is -2.38. The zero-order valence-electron chi connectivity index (χ0n) is 16.3. The Hall–Kier alpha value is -1.06. The van der Waals surface area contributed by atoms with Crippen molar-refractivity contribution in [3.05, 3.63) is 29.8 Å². The maximum absolute atomic E-state index is 5.67. The van der Waals surface area contributed by atoms with Crippen LogP contribution < -0.4 is 15.4 Å². The van der Waals surface area contributed by atoms with E-state index in [1.54, 1.807) is 7.11 Å². The summed E-state index contributed by atoms with van der Waals surface area (Å²) >= 11 is 0. The van der Waals surface area contributed by atoms with Gasteiger partial charge in [-0.05, 0) is 37.5 Å². The van der Waals surface area contributed by atoms with E-state index in [0.717, 1.165) is 49.8 Å². The average molecular weight is 479 g/mol. The van der Waals surface area contributed by atoms with Crippen LogP contribution in [0.15, 0.2) is 29.3 Å². The van der Waals surface area contributed by atoms with E-state index in [-0.39, 0.29) is 24.0 Å². The Labute approximate surface area is 175 Å². The van der Waals surface area contributed by atoms with E-state index in [0.29, 0.717) is 26.4 Å². The molecule has 0 aliphatic heterocycles. The van der Waals surface area contributed by atoms with Crippen molar-refractivity contribution in [3.8, 4) is 5.75 Å². The number of ether oxygens (including phenoxy) is 3. The van der Waals surface area contributed by atoms with E-state index in [4.69, 9.17) is 14.2 Å². The highest BCUT2D eigenvalue weighted by molar-refractivity contribution is 14.0. The van der Waals surface area contributed by atoms with Gasteiger partial charge in [0.05, 0.1) is 26.4 Å². The molecule has 0 aliphatic rings. The van der Waals surface area contributed by atoms with Crippen LogP contribution in [0.3, 0.4) is 0 Å². The van der Waals surface area contributed by atoms with Crippen LogP contribution >= 0.6 is 24.0 Å². The van der Waals surface area contributed by atoms with Gasteiger partial charge in [-0.25, -0.2) is 4.99 Å². The molecule has 6 nitrogen and oxygen atoms in total. The number of rotatable bonds is 13. The third kappa shape index (κ3) is 12.3. The molecule has 0 radical (unpaired) electrons. The maximum Gasteiger partial charge on any atom is 0.191 e. The molecule has 0 bridgehead atoms. The van der Waals surface area contributed by atoms with Gasteiger partial charge in [-0.15, -0.1) is 24.0 Å². The fourth-order valence-electron chi connectivity index (χ4n) is 2.09. The Morgan fingerprint density at radius 3 is 2.65 bits per heavy atom. The number of benzene rings is 1. The van der Waals surface area contributed by atoms with Crippen molar-refractivity contribution in [2.24, 2.45) is 4.99 Å². The lowest BCUT2D eigenvalue weighted by Gasteiger charge is -2.12. The molecule has 1 aromatic rings. The molecule has 0 unspecified atom stereocenters. The Bertz CT molecular complexity index is 487. The molecular formula is C19H34IN3O3. The van der Waals surface area contributed by atoms with Crippen LogP contribution in [0.1, 0.15) is 32.3 Å². The van der Waals surface area contributed by atoms with Gasteiger partial charge in [0, 0.05) is 26.8 Å². The van der Waals surface area contributed by atoms with Gasteiger partial charge in [-0.1, -0.05) is 19.1 Å². The van der Waals surface area contributed by atoms with Crippen molar-refractivity contribution >= 4 is 29.9 Å². The molecule has 0 spiro atoms. The van der Waals surface area contributed by atoms with E-state index in [9.17, 15) is 0 Å². The molecule has 7 heteroatoms. The molecule has 0 fully saturated rings. The molecular weight excluding hydrogens is 445 g/mol. The van der Waals surface area contributed by atoms with Crippen LogP contribution in [-0.2, 0) is 16.0 Å². The van der Waals surface area contributed by atoms with Crippen molar-refractivity contribution in [3.63, 3.8) is 0 Å². The lowest BCUT2D eigenvalue weighted by molar-refractivity contribution is 0.0698. The second-order valence-corrected chi connectivity index (χ2v) is 5.58. The molecule has 150 valence electrons. The number of hydrogen-bond acceptors (Lipinski definition) is 4. The predicted molar refractivity (Wildman–Crippen MR) is 118 cm³/mol. The number of methoxy groups -OCH3 is 1. The highest BCUT2D eigenvalue weighted by Crippen LogP contribution is 2.14. The van der Waals surface area contributed by atoms with Gasteiger partial charge >= 0.3 is 0 Å². The van der Waals surface area contributed by atoms with Crippen LogP contribution in [0.4, 0.5) is 0 Å². The smallest absolute Gasteiger partial charge is 0.191 e. The first kappa shape index (κ1) is 24.9. The number of halogens is 1. The summed E-state index contributed by atoms with van der Waals surface area (Å²) in [5, 5.41) is 6.59. The standard InChI is InChI=1S/C19H33N3O3.HI/c1-4-11-25-18-9-6-8-17(15-18)16-22-19(20-5-2)21-10-7-12-24-14-13-23-3;/h6,8-9,15H,4-5,7,10-14,16H2,1-3H3,(H2,20,21,22);1H. The van der Waals surface area contributed by atoms with Crippen molar-refractivity contribution in [2.75, 3.05) is 46.6 Å². The van der Waals surface area contributed by atoms with Gasteiger partial charge < -0.3 is 24.8 Å². The van der Waals surface area contributed by atoms with Crippen molar-refractivity contribution in [1.82, 2.24) is 10.6 Å². The molecule has 0 saturated carbocycles.